The Bertz CT molecular complexity index is 1150. The topological polar surface area (TPSA) is 62.5 Å². The summed E-state index contributed by atoms with van der Waals surface area (Å²) in [6, 6.07) is 7.74. The average Bonchev–Trinajstić information content (AvgIpc) is 3.17. The van der Waals surface area contributed by atoms with Crippen LogP contribution in [0.3, 0.4) is 0 Å². The molecule has 1 amide bonds. The number of nitrogens with zero attached hydrogens (tertiary/aromatic N) is 4. The molecule has 0 aliphatic carbocycles. The third-order valence-electron chi connectivity index (χ3n) is 5.39. The molecule has 29 heavy (non-hydrogen) atoms. The van der Waals surface area contributed by atoms with Crippen LogP contribution in [-0.2, 0) is 16.6 Å². The molecule has 5 rings (SSSR count). The van der Waals surface area contributed by atoms with E-state index in [1.54, 1.807) is 15.6 Å². The lowest BCUT2D eigenvalue weighted by molar-refractivity contribution is -0.115. The highest BCUT2D eigenvalue weighted by Gasteiger charge is 2.45. The van der Waals surface area contributed by atoms with Gasteiger partial charge in [0, 0.05) is 22.9 Å². The summed E-state index contributed by atoms with van der Waals surface area (Å²) in [7, 11) is 0. The molecule has 1 fully saturated rings. The maximum atomic E-state index is 13.4. The number of hydrogen-bond donors (Lipinski definition) is 1. The van der Waals surface area contributed by atoms with Crippen molar-refractivity contribution in [1.29, 1.82) is 0 Å². The van der Waals surface area contributed by atoms with E-state index in [0.29, 0.717) is 12.4 Å². The maximum Gasteiger partial charge on any atom is 0.282 e. The van der Waals surface area contributed by atoms with E-state index >= 15 is 0 Å². The van der Waals surface area contributed by atoms with E-state index in [9.17, 15) is 13.6 Å². The van der Waals surface area contributed by atoms with Gasteiger partial charge in [0.05, 0.1) is 30.7 Å². The van der Waals surface area contributed by atoms with Crippen LogP contribution in [0.4, 0.5) is 20.4 Å². The SMILES string of the molecule is CC(C)(C)c1nn2c(N3CC(F)(F)C3)nccc2c1-c1ccc2c(c1)CC(=O)N2. The first kappa shape index (κ1) is 18.0. The average molecular weight is 397 g/mol. The molecule has 0 saturated carbocycles. The molecule has 1 N–H and O–H groups in total. The van der Waals surface area contributed by atoms with Crippen molar-refractivity contribution in [3.63, 3.8) is 0 Å². The summed E-state index contributed by atoms with van der Waals surface area (Å²) in [5, 5.41) is 7.66. The van der Waals surface area contributed by atoms with Gasteiger partial charge in [0.25, 0.3) is 5.92 Å². The van der Waals surface area contributed by atoms with Gasteiger partial charge in [-0.1, -0.05) is 26.8 Å². The first-order chi connectivity index (χ1) is 13.6. The van der Waals surface area contributed by atoms with Crippen molar-refractivity contribution in [1.82, 2.24) is 14.6 Å². The second-order valence-corrected chi connectivity index (χ2v) is 8.82. The molecule has 0 unspecified atom stereocenters. The summed E-state index contributed by atoms with van der Waals surface area (Å²) in [5.41, 5.74) is 5.07. The van der Waals surface area contributed by atoms with Crippen molar-refractivity contribution < 1.29 is 13.6 Å². The second kappa shape index (κ2) is 5.75. The number of carbonyl (C=O) groups excluding carboxylic acids is 1. The second-order valence-electron chi connectivity index (χ2n) is 8.82. The monoisotopic (exact) mass is 397 g/mol. The number of halogens is 2. The zero-order valence-electron chi connectivity index (χ0n) is 16.5. The van der Waals surface area contributed by atoms with Gasteiger partial charge < -0.3 is 10.2 Å². The van der Waals surface area contributed by atoms with E-state index in [4.69, 9.17) is 5.10 Å². The van der Waals surface area contributed by atoms with E-state index in [1.807, 2.05) is 24.3 Å². The molecule has 8 heteroatoms. The lowest BCUT2D eigenvalue weighted by Crippen LogP contribution is -2.57. The maximum absolute atomic E-state index is 13.4. The van der Waals surface area contributed by atoms with Gasteiger partial charge in [0.15, 0.2) is 0 Å². The molecule has 2 aromatic heterocycles. The van der Waals surface area contributed by atoms with Crippen LogP contribution in [0, 0.1) is 0 Å². The van der Waals surface area contributed by atoms with Gasteiger partial charge in [-0.3, -0.25) is 4.79 Å². The van der Waals surface area contributed by atoms with Crippen LogP contribution >= 0.6 is 0 Å². The molecular weight excluding hydrogens is 376 g/mol. The fourth-order valence-corrected chi connectivity index (χ4v) is 4.03. The number of amides is 1. The molecule has 1 saturated heterocycles. The number of anilines is 2. The van der Waals surface area contributed by atoms with Gasteiger partial charge in [-0.15, -0.1) is 0 Å². The van der Waals surface area contributed by atoms with E-state index in [2.05, 4.69) is 31.1 Å². The van der Waals surface area contributed by atoms with E-state index < -0.39 is 5.92 Å². The van der Waals surface area contributed by atoms with Crippen LogP contribution in [0.25, 0.3) is 16.6 Å². The summed E-state index contributed by atoms with van der Waals surface area (Å²) in [5.74, 6) is -2.28. The standard InChI is InChI=1S/C21H21F2N5O/c1-20(2,3)18-17(12-4-5-14-13(8-12)9-16(29)25-14)15-6-7-24-19(28(15)26-18)27-10-21(22,23)11-27/h4-8H,9-11H2,1-3H3,(H,25,29). The minimum atomic E-state index is -2.69. The van der Waals surface area contributed by atoms with Gasteiger partial charge in [0.1, 0.15) is 0 Å². The first-order valence-corrected chi connectivity index (χ1v) is 9.57. The minimum absolute atomic E-state index is 0.0155. The molecular formula is C21H21F2N5O. The molecule has 1 aromatic carbocycles. The number of carbonyl (C=O) groups is 1. The fraction of sp³-hybridized carbons (Fsp3) is 0.381. The van der Waals surface area contributed by atoms with E-state index in [1.165, 1.54) is 0 Å². The number of fused-ring (bicyclic) bond motifs is 2. The molecule has 4 heterocycles. The minimum Gasteiger partial charge on any atom is -0.329 e. The fourth-order valence-electron chi connectivity index (χ4n) is 4.03. The van der Waals surface area contributed by atoms with Crippen molar-refractivity contribution in [3.8, 4) is 11.1 Å². The molecule has 6 nitrogen and oxygen atoms in total. The van der Waals surface area contributed by atoms with Crippen molar-refractivity contribution in [2.24, 2.45) is 0 Å². The van der Waals surface area contributed by atoms with Crippen LogP contribution in [0.2, 0.25) is 0 Å². The van der Waals surface area contributed by atoms with Gasteiger partial charge in [0.2, 0.25) is 11.9 Å². The molecule has 2 aliphatic heterocycles. The Labute approximate surface area is 166 Å². The quantitative estimate of drug-likeness (QED) is 0.717. The highest BCUT2D eigenvalue weighted by Crippen LogP contribution is 2.40. The predicted octanol–water partition coefficient (Wildman–Crippen LogP) is 3.64. The Morgan fingerprint density at radius 1 is 1.17 bits per heavy atom. The number of alkyl halides is 2. The van der Waals surface area contributed by atoms with Crippen LogP contribution in [0.1, 0.15) is 32.0 Å². The number of aromatic nitrogens is 3. The Balaban J connectivity index is 1.71. The Kier molecular flexibility index (Phi) is 3.57. The Hall–Kier alpha value is -3.03. The molecule has 0 atom stereocenters. The normalized spacial score (nSPS) is 18.0. The van der Waals surface area contributed by atoms with Crippen LogP contribution in [0.15, 0.2) is 30.5 Å². The molecule has 150 valence electrons. The third kappa shape index (κ3) is 2.85. The molecule has 3 aromatic rings. The molecule has 0 radical (unpaired) electrons. The van der Waals surface area contributed by atoms with Crippen molar-refractivity contribution in [3.05, 3.63) is 41.7 Å². The van der Waals surface area contributed by atoms with Crippen molar-refractivity contribution in [2.45, 2.75) is 38.5 Å². The van der Waals surface area contributed by atoms with Gasteiger partial charge >= 0.3 is 0 Å². The summed E-state index contributed by atoms with van der Waals surface area (Å²) in [6.45, 7) is 5.50. The number of rotatable bonds is 2. The molecule has 0 bridgehead atoms. The summed E-state index contributed by atoms with van der Waals surface area (Å²) < 4.78 is 28.5. The summed E-state index contributed by atoms with van der Waals surface area (Å²) in [6.07, 6.45) is 1.99. The van der Waals surface area contributed by atoms with Crippen LogP contribution < -0.4 is 10.2 Å². The van der Waals surface area contributed by atoms with E-state index in [-0.39, 0.29) is 24.4 Å². The lowest BCUT2D eigenvalue weighted by atomic mass is 9.86. The summed E-state index contributed by atoms with van der Waals surface area (Å²) >= 11 is 0. The number of benzene rings is 1. The Morgan fingerprint density at radius 3 is 2.62 bits per heavy atom. The smallest absolute Gasteiger partial charge is 0.282 e. The van der Waals surface area contributed by atoms with Crippen LogP contribution in [0.5, 0.6) is 0 Å². The molecule has 2 aliphatic rings. The van der Waals surface area contributed by atoms with E-state index in [0.717, 1.165) is 33.6 Å². The predicted molar refractivity (Wildman–Crippen MR) is 107 cm³/mol. The van der Waals surface area contributed by atoms with Crippen molar-refractivity contribution >= 4 is 23.1 Å². The largest absolute Gasteiger partial charge is 0.329 e. The number of nitrogens with one attached hydrogen (secondary N) is 1. The zero-order valence-corrected chi connectivity index (χ0v) is 16.5. The zero-order chi connectivity index (χ0) is 20.6. The lowest BCUT2D eigenvalue weighted by Gasteiger charge is -2.39. The van der Waals surface area contributed by atoms with Crippen molar-refractivity contribution in [2.75, 3.05) is 23.3 Å². The number of hydrogen-bond acceptors (Lipinski definition) is 4. The highest BCUT2D eigenvalue weighted by molar-refractivity contribution is 6.00. The van der Waals surface area contributed by atoms with Gasteiger partial charge in [-0.05, 0) is 29.3 Å². The highest BCUT2D eigenvalue weighted by atomic mass is 19.3. The van der Waals surface area contributed by atoms with Gasteiger partial charge in [-0.2, -0.15) is 9.61 Å². The summed E-state index contributed by atoms with van der Waals surface area (Å²) in [4.78, 5) is 17.6. The third-order valence-corrected chi connectivity index (χ3v) is 5.39. The Morgan fingerprint density at radius 2 is 1.93 bits per heavy atom. The molecule has 0 spiro atoms. The van der Waals surface area contributed by atoms with Crippen LogP contribution in [-0.4, -0.2) is 39.5 Å². The van der Waals surface area contributed by atoms with Gasteiger partial charge in [-0.25, -0.2) is 13.8 Å². The first-order valence-electron chi connectivity index (χ1n) is 9.57.